The second-order valence-electron chi connectivity index (χ2n) is 6.75. The summed E-state index contributed by atoms with van der Waals surface area (Å²) in [6.07, 6.45) is 5.72. The van der Waals surface area contributed by atoms with Crippen LogP contribution in [0.2, 0.25) is 0 Å². The van der Waals surface area contributed by atoms with Gasteiger partial charge in [0.15, 0.2) is 0 Å². The fourth-order valence-corrected chi connectivity index (χ4v) is 3.92. The third-order valence-corrected chi connectivity index (χ3v) is 5.26. The van der Waals surface area contributed by atoms with E-state index < -0.39 is 0 Å². The van der Waals surface area contributed by atoms with E-state index in [0.717, 1.165) is 18.5 Å². The van der Waals surface area contributed by atoms with Crippen LogP contribution in [0.4, 0.5) is 5.69 Å². The summed E-state index contributed by atoms with van der Waals surface area (Å²) in [5.74, 6) is 0. The van der Waals surface area contributed by atoms with Crippen molar-refractivity contribution in [1.82, 2.24) is 4.57 Å². The molecule has 0 bridgehead atoms. The summed E-state index contributed by atoms with van der Waals surface area (Å²) in [7, 11) is 2.16. The third kappa shape index (κ3) is 3.39. The fourth-order valence-electron chi connectivity index (χ4n) is 3.92. The van der Waals surface area contributed by atoms with Crippen LogP contribution in [0.1, 0.15) is 29.7 Å². The van der Waals surface area contributed by atoms with Gasteiger partial charge in [-0.3, -0.25) is 10.3 Å². The van der Waals surface area contributed by atoms with Crippen molar-refractivity contribution in [3.63, 3.8) is 0 Å². The molecule has 0 aliphatic heterocycles. The Kier molecular flexibility index (Phi) is 5.36. The normalized spacial score (nSPS) is 13.4. The number of halogens is 1. The van der Waals surface area contributed by atoms with E-state index in [1.165, 1.54) is 52.0 Å². The molecule has 1 aliphatic rings. The van der Waals surface area contributed by atoms with E-state index in [1.54, 1.807) is 0 Å². The van der Waals surface area contributed by atoms with Gasteiger partial charge in [-0.15, -0.1) is 12.4 Å². The van der Waals surface area contributed by atoms with Gasteiger partial charge < -0.3 is 4.57 Å². The van der Waals surface area contributed by atoms with Gasteiger partial charge in [-0.1, -0.05) is 30.3 Å². The molecule has 0 atom stereocenters. The first-order chi connectivity index (χ1) is 11.7. The molecule has 0 radical (unpaired) electrons. The Hall–Kier alpha value is -1.97. The first kappa shape index (κ1) is 17.8. The van der Waals surface area contributed by atoms with Gasteiger partial charge in [-0.2, -0.15) is 0 Å². The molecule has 0 saturated heterocycles. The van der Waals surface area contributed by atoms with Gasteiger partial charge in [0, 0.05) is 30.2 Å². The molecule has 2 aromatic carbocycles. The van der Waals surface area contributed by atoms with Crippen molar-refractivity contribution in [3.05, 3.63) is 65.4 Å². The number of rotatable bonds is 4. The van der Waals surface area contributed by atoms with Crippen LogP contribution >= 0.6 is 12.4 Å². The Balaban J connectivity index is 0.00000182. The quantitative estimate of drug-likeness (QED) is 0.672. The molecule has 0 amide bonds. The van der Waals surface area contributed by atoms with E-state index in [-0.39, 0.29) is 12.4 Å². The minimum atomic E-state index is 0. The molecule has 1 aromatic heterocycles. The van der Waals surface area contributed by atoms with Crippen LogP contribution in [-0.4, -0.2) is 16.3 Å². The van der Waals surface area contributed by atoms with Gasteiger partial charge in [0.2, 0.25) is 0 Å². The Morgan fingerprint density at radius 3 is 2.60 bits per heavy atom. The number of anilines is 1. The number of benzene rings is 2. The molecular formula is C21H25ClN2O. The molecule has 1 N–H and O–H groups in total. The summed E-state index contributed by atoms with van der Waals surface area (Å²) in [5.41, 5.74) is 6.37. The highest BCUT2D eigenvalue weighted by atomic mass is 35.5. The van der Waals surface area contributed by atoms with Crippen LogP contribution in [0.5, 0.6) is 0 Å². The van der Waals surface area contributed by atoms with E-state index in [1.807, 2.05) is 24.3 Å². The Morgan fingerprint density at radius 1 is 1.04 bits per heavy atom. The summed E-state index contributed by atoms with van der Waals surface area (Å²) < 4.78 is 2.33. The average molecular weight is 357 g/mol. The van der Waals surface area contributed by atoms with Gasteiger partial charge >= 0.3 is 0 Å². The highest BCUT2D eigenvalue weighted by Gasteiger charge is 2.19. The fraction of sp³-hybridized carbons (Fsp3) is 0.333. The SMILES string of the molecule is Cl.Cn1c2c(c3cc(N(O)CCc4ccccc4)ccc31)CCCC2. The lowest BCUT2D eigenvalue weighted by molar-refractivity contribution is 0.255. The van der Waals surface area contributed by atoms with E-state index >= 15 is 0 Å². The van der Waals surface area contributed by atoms with Crippen molar-refractivity contribution in [2.45, 2.75) is 32.1 Å². The lowest BCUT2D eigenvalue weighted by Gasteiger charge is -2.17. The largest absolute Gasteiger partial charge is 0.347 e. The molecule has 3 aromatic rings. The van der Waals surface area contributed by atoms with Gasteiger partial charge in [0.05, 0.1) is 5.69 Å². The lowest BCUT2D eigenvalue weighted by atomic mass is 9.95. The molecule has 4 heteroatoms. The summed E-state index contributed by atoms with van der Waals surface area (Å²) in [4.78, 5) is 0. The predicted molar refractivity (Wildman–Crippen MR) is 106 cm³/mol. The molecule has 1 aliphatic carbocycles. The van der Waals surface area contributed by atoms with Crippen molar-refractivity contribution in [3.8, 4) is 0 Å². The maximum Gasteiger partial charge on any atom is 0.0641 e. The second kappa shape index (κ2) is 7.51. The maximum atomic E-state index is 10.5. The highest BCUT2D eigenvalue weighted by molar-refractivity contribution is 5.88. The molecule has 132 valence electrons. The number of hydroxylamine groups is 1. The summed E-state index contributed by atoms with van der Waals surface area (Å²) >= 11 is 0. The molecular weight excluding hydrogens is 332 g/mol. The van der Waals surface area contributed by atoms with Crippen LogP contribution in [0.25, 0.3) is 10.9 Å². The lowest BCUT2D eigenvalue weighted by Crippen LogP contribution is -2.21. The minimum Gasteiger partial charge on any atom is -0.347 e. The zero-order chi connectivity index (χ0) is 16.5. The maximum absolute atomic E-state index is 10.5. The summed E-state index contributed by atoms with van der Waals surface area (Å²) in [6.45, 7) is 0.602. The Labute approximate surface area is 155 Å². The highest BCUT2D eigenvalue weighted by Crippen LogP contribution is 2.33. The number of hydrogen-bond acceptors (Lipinski definition) is 2. The molecule has 3 nitrogen and oxygen atoms in total. The van der Waals surface area contributed by atoms with E-state index in [0.29, 0.717) is 6.54 Å². The van der Waals surface area contributed by atoms with Crippen molar-refractivity contribution in [2.24, 2.45) is 7.05 Å². The van der Waals surface area contributed by atoms with Crippen LogP contribution in [0.15, 0.2) is 48.5 Å². The van der Waals surface area contributed by atoms with Crippen molar-refractivity contribution < 1.29 is 5.21 Å². The molecule has 25 heavy (non-hydrogen) atoms. The molecule has 0 saturated carbocycles. The van der Waals surface area contributed by atoms with Crippen LogP contribution in [0.3, 0.4) is 0 Å². The number of fused-ring (bicyclic) bond motifs is 3. The molecule has 0 spiro atoms. The molecule has 0 fully saturated rings. The molecule has 0 unspecified atom stereocenters. The van der Waals surface area contributed by atoms with Gasteiger partial charge in [-0.25, -0.2) is 0 Å². The molecule has 1 heterocycles. The van der Waals surface area contributed by atoms with E-state index in [2.05, 4.69) is 35.9 Å². The third-order valence-electron chi connectivity index (χ3n) is 5.26. The van der Waals surface area contributed by atoms with Gasteiger partial charge in [-0.05, 0) is 61.4 Å². The number of aromatic nitrogens is 1. The van der Waals surface area contributed by atoms with E-state index in [4.69, 9.17) is 0 Å². The second-order valence-corrected chi connectivity index (χ2v) is 6.75. The predicted octanol–water partition coefficient (Wildman–Crippen LogP) is 4.92. The first-order valence-corrected chi connectivity index (χ1v) is 8.84. The van der Waals surface area contributed by atoms with Crippen molar-refractivity contribution in [2.75, 3.05) is 11.6 Å². The van der Waals surface area contributed by atoms with Gasteiger partial charge in [0.25, 0.3) is 0 Å². The van der Waals surface area contributed by atoms with Gasteiger partial charge in [0.1, 0.15) is 0 Å². The van der Waals surface area contributed by atoms with Crippen molar-refractivity contribution >= 4 is 29.0 Å². The van der Waals surface area contributed by atoms with E-state index in [9.17, 15) is 5.21 Å². The van der Waals surface area contributed by atoms with Crippen molar-refractivity contribution in [1.29, 1.82) is 0 Å². The Bertz CT molecular complexity index is 857. The Morgan fingerprint density at radius 2 is 1.80 bits per heavy atom. The smallest absolute Gasteiger partial charge is 0.0641 e. The zero-order valence-electron chi connectivity index (χ0n) is 14.6. The minimum absolute atomic E-state index is 0. The number of hydrogen-bond donors (Lipinski definition) is 1. The topological polar surface area (TPSA) is 28.4 Å². The monoisotopic (exact) mass is 356 g/mol. The standard InChI is InChI=1S/C21H24N2O.ClH/c1-22-20-10-6-5-9-18(20)19-15-17(11-12-21(19)22)23(24)14-13-16-7-3-2-4-8-16;/h2-4,7-8,11-12,15,24H,5-6,9-10,13-14H2,1H3;1H. The first-order valence-electron chi connectivity index (χ1n) is 8.84. The van der Waals surface area contributed by atoms with Crippen LogP contribution in [0, 0.1) is 0 Å². The van der Waals surface area contributed by atoms with Crippen LogP contribution < -0.4 is 5.06 Å². The summed E-state index contributed by atoms with van der Waals surface area (Å²) in [5, 5.41) is 13.2. The summed E-state index contributed by atoms with van der Waals surface area (Å²) in [6, 6.07) is 16.6. The molecule has 4 rings (SSSR count). The number of aryl methyl sites for hydroxylation is 2. The average Bonchev–Trinajstić information content (AvgIpc) is 2.93. The zero-order valence-corrected chi connectivity index (χ0v) is 15.4. The van der Waals surface area contributed by atoms with Crippen LogP contribution in [-0.2, 0) is 26.3 Å². The number of nitrogens with zero attached hydrogens (tertiary/aromatic N) is 2.